The van der Waals surface area contributed by atoms with Gasteiger partial charge in [0.1, 0.15) is 11.6 Å². The van der Waals surface area contributed by atoms with Crippen LogP contribution in [-0.4, -0.2) is 39.1 Å². The molecule has 1 aromatic carbocycles. The third-order valence-electron chi connectivity index (χ3n) is 3.95. The van der Waals surface area contributed by atoms with E-state index in [-0.39, 0.29) is 23.7 Å². The van der Waals surface area contributed by atoms with E-state index in [9.17, 15) is 13.2 Å². The molecule has 0 N–H and O–H groups in total. The molecule has 0 saturated heterocycles. The van der Waals surface area contributed by atoms with Crippen molar-refractivity contribution in [2.75, 3.05) is 18.0 Å². The minimum absolute atomic E-state index is 0.0867. The van der Waals surface area contributed by atoms with E-state index < -0.39 is 22.1 Å². The lowest BCUT2D eigenvalue weighted by molar-refractivity contribution is -0.150. The Morgan fingerprint density at radius 2 is 2.15 bits per heavy atom. The summed E-state index contributed by atoms with van der Waals surface area (Å²) in [6, 6.07) is 7.58. The van der Waals surface area contributed by atoms with Gasteiger partial charge < -0.3 is 9.47 Å². The number of sulfonamides is 1. The number of ether oxygens (including phenoxy) is 2. The fourth-order valence-electron chi connectivity index (χ4n) is 2.59. The molecule has 1 aliphatic heterocycles. The van der Waals surface area contributed by atoms with E-state index in [1.165, 1.54) is 31.4 Å². The van der Waals surface area contributed by atoms with E-state index in [0.29, 0.717) is 16.3 Å². The van der Waals surface area contributed by atoms with Crippen LogP contribution >= 0.6 is 11.6 Å². The summed E-state index contributed by atoms with van der Waals surface area (Å²) in [6.07, 6.45) is 0.891. The van der Waals surface area contributed by atoms with Gasteiger partial charge in [-0.1, -0.05) is 11.6 Å². The number of pyridine rings is 1. The molecule has 0 saturated carbocycles. The second kappa shape index (κ2) is 7.13. The molecule has 1 aliphatic rings. The minimum Gasteiger partial charge on any atom is -0.478 e. The summed E-state index contributed by atoms with van der Waals surface area (Å²) in [7, 11) is -2.40. The van der Waals surface area contributed by atoms with E-state index >= 15 is 0 Å². The second-order valence-corrected chi connectivity index (χ2v) is 8.05. The van der Waals surface area contributed by atoms with E-state index in [1.807, 2.05) is 0 Å². The summed E-state index contributed by atoms with van der Waals surface area (Å²) >= 11 is 5.79. The highest BCUT2D eigenvalue weighted by Crippen LogP contribution is 2.32. The predicted octanol–water partition coefficient (Wildman–Crippen LogP) is 2.43. The summed E-state index contributed by atoms with van der Waals surface area (Å²) in [5.41, 5.74) is 0.640. The van der Waals surface area contributed by atoms with Crippen molar-refractivity contribution in [2.45, 2.75) is 24.3 Å². The van der Waals surface area contributed by atoms with Crippen molar-refractivity contribution < 1.29 is 22.7 Å². The summed E-state index contributed by atoms with van der Waals surface area (Å²) in [4.78, 5) is 15.9. The zero-order valence-electron chi connectivity index (χ0n) is 14.2. The molecule has 0 spiro atoms. The first-order valence-electron chi connectivity index (χ1n) is 7.89. The molecule has 0 radical (unpaired) electrons. The number of hydrogen-bond acceptors (Lipinski definition) is 6. The van der Waals surface area contributed by atoms with Gasteiger partial charge in [-0.05, 0) is 42.8 Å². The molecule has 9 heteroatoms. The lowest BCUT2D eigenvalue weighted by atomic mass is 10.1. The molecule has 0 bridgehead atoms. The highest BCUT2D eigenvalue weighted by Gasteiger charge is 2.32. The Balaban J connectivity index is 1.86. The van der Waals surface area contributed by atoms with Crippen LogP contribution in [0.2, 0.25) is 5.02 Å². The van der Waals surface area contributed by atoms with E-state index in [4.69, 9.17) is 21.1 Å². The molecular weight excluding hydrogens is 380 g/mol. The van der Waals surface area contributed by atoms with Crippen LogP contribution in [0.1, 0.15) is 12.5 Å². The average Bonchev–Trinajstić information content (AvgIpc) is 3.05. The number of carbonyl (C=O) groups excluding carboxylic acids is 1. The van der Waals surface area contributed by atoms with Crippen LogP contribution in [0.5, 0.6) is 5.75 Å². The number of benzene rings is 1. The second-order valence-electron chi connectivity index (χ2n) is 5.64. The first kappa shape index (κ1) is 18.5. The van der Waals surface area contributed by atoms with Crippen molar-refractivity contribution >= 4 is 33.4 Å². The van der Waals surface area contributed by atoms with Gasteiger partial charge in [-0.2, -0.15) is 0 Å². The number of nitrogens with zero attached hydrogens (tertiary/aromatic N) is 2. The molecule has 26 heavy (non-hydrogen) atoms. The van der Waals surface area contributed by atoms with Crippen molar-refractivity contribution in [3.63, 3.8) is 0 Å². The first-order valence-corrected chi connectivity index (χ1v) is 9.71. The minimum atomic E-state index is -3.82. The maximum absolute atomic E-state index is 12.9. The van der Waals surface area contributed by atoms with Crippen LogP contribution in [0, 0.1) is 0 Å². The van der Waals surface area contributed by atoms with E-state index in [2.05, 4.69) is 4.98 Å². The fraction of sp³-hybridized carbons (Fsp3) is 0.294. The van der Waals surface area contributed by atoms with Gasteiger partial charge >= 0.3 is 5.97 Å². The molecule has 1 aromatic heterocycles. The number of anilines is 1. The van der Waals surface area contributed by atoms with Crippen LogP contribution in [0.25, 0.3) is 0 Å². The largest absolute Gasteiger partial charge is 0.478 e. The number of hydrogen-bond donors (Lipinski definition) is 0. The van der Waals surface area contributed by atoms with Crippen molar-refractivity contribution in [3.8, 4) is 5.75 Å². The Hall–Kier alpha value is -2.32. The fourth-order valence-corrected chi connectivity index (χ4v) is 3.90. The van der Waals surface area contributed by atoms with Gasteiger partial charge in [0.15, 0.2) is 6.10 Å². The lowest BCUT2D eigenvalue weighted by Crippen LogP contribution is -2.27. The molecule has 138 valence electrons. The Kier molecular flexibility index (Phi) is 5.06. The number of aromatic nitrogens is 1. The molecule has 2 heterocycles. The Morgan fingerprint density at radius 1 is 1.38 bits per heavy atom. The molecule has 0 fully saturated rings. The summed E-state index contributed by atoms with van der Waals surface area (Å²) in [5, 5.41) is 0.416. The van der Waals surface area contributed by atoms with Crippen LogP contribution in [0.15, 0.2) is 41.4 Å². The van der Waals surface area contributed by atoms with Crippen molar-refractivity contribution in [1.82, 2.24) is 4.98 Å². The molecule has 1 atom stereocenters. The van der Waals surface area contributed by atoms with Gasteiger partial charge in [-0.25, -0.2) is 18.2 Å². The maximum Gasteiger partial charge on any atom is 0.347 e. The highest BCUT2D eigenvalue weighted by molar-refractivity contribution is 7.92. The maximum atomic E-state index is 12.9. The third kappa shape index (κ3) is 3.47. The Bertz CT molecular complexity index is 931. The van der Waals surface area contributed by atoms with E-state index in [1.54, 1.807) is 19.1 Å². The number of esters is 1. The third-order valence-corrected chi connectivity index (χ3v) is 5.93. The smallest absolute Gasteiger partial charge is 0.347 e. The van der Waals surface area contributed by atoms with Crippen molar-refractivity contribution in [1.29, 1.82) is 0 Å². The average molecular weight is 397 g/mol. The van der Waals surface area contributed by atoms with E-state index in [0.717, 1.165) is 4.31 Å². The van der Waals surface area contributed by atoms with Gasteiger partial charge in [-0.15, -0.1) is 0 Å². The predicted molar refractivity (Wildman–Crippen MR) is 96.0 cm³/mol. The van der Waals surface area contributed by atoms with Gasteiger partial charge in [0.05, 0.1) is 16.5 Å². The highest BCUT2D eigenvalue weighted by atomic mass is 35.5. The number of carbonyl (C=O) groups is 1. The Morgan fingerprint density at radius 3 is 2.81 bits per heavy atom. The van der Waals surface area contributed by atoms with Crippen LogP contribution in [0.3, 0.4) is 0 Å². The lowest BCUT2D eigenvalue weighted by Gasteiger charge is -2.18. The summed E-state index contributed by atoms with van der Waals surface area (Å²) < 4.78 is 37.3. The van der Waals surface area contributed by atoms with Gasteiger partial charge in [0, 0.05) is 19.7 Å². The normalized spacial score (nSPS) is 15.9. The standard InChI is InChI=1S/C17H17ClN2O5S/c1-3-24-17(21)15-9-11-8-13(5-6-14(11)25-15)26(22,23)20(2)16-7-4-12(18)10-19-16/h4-8,10,15H,3,9H2,1-2H3/t15-/m0/s1. The molecule has 0 unspecified atom stereocenters. The topological polar surface area (TPSA) is 85.8 Å². The molecule has 7 nitrogen and oxygen atoms in total. The molecular formula is C17H17ClN2O5S. The zero-order valence-corrected chi connectivity index (χ0v) is 15.7. The summed E-state index contributed by atoms with van der Waals surface area (Å²) in [6.45, 7) is 1.97. The van der Waals surface area contributed by atoms with Crippen molar-refractivity contribution in [3.05, 3.63) is 47.1 Å². The number of fused-ring (bicyclic) bond motifs is 1. The van der Waals surface area contributed by atoms with Crippen molar-refractivity contribution in [2.24, 2.45) is 0 Å². The number of rotatable bonds is 5. The van der Waals surface area contributed by atoms with Gasteiger partial charge in [0.2, 0.25) is 0 Å². The first-order chi connectivity index (χ1) is 12.3. The SMILES string of the molecule is CCOC(=O)[C@@H]1Cc2cc(S(=O)(=O)N(C)c3ccc(Cl)cn3)ccc2O1. The monoisotopic (exact) mass is 396 g/mol. The van der Waals surface area contributed by atoms with Gasteiger partial charge in [-0.3, -0.25) is 4.31 Å². The molecule has 3 rings (SSSR count). The molecule has 0 amide bonds. The summed E-state index contributed by atoms with van der Waals surface area (Å²) in [5.74, 6) is 0.264. The zero-order chi connectivity index (χ0) is 18.9. The molecule has 0 aliphatic carbocycles. The molecule has 2 aromatic rings. The number of halogens is 1. The quantitative estimate of drug-likeness (QED) is 0.721. The van der Waals surface area contributed by atoms with Crippen LogP contribution in [-0.2, 0) is 26.0 Å². The van der Waals surface area contributed by atoms with Gasteiger partial charge in [0.25, 0.3) is 10.0 Å². The van der Waals surface area contributed by atoms with Crippen LogP contribution < -0.4 is 9.04 Å². The van der Waals surface area contributed by atoms with Crippen LogP contribution in [0.4, 0.5) is 5.82 Å². The Labute approximate surface area is 156 Å².